The summed E-state index contributed by atoms with van der Waals surface area (Å²) >= 11 is 0. The van der Waals surface area contributed by atoms with E-state index < -0.39 is 6.16 Å². The third kappa shape index (κ3) is 6.23. The average molecular weight is 479 g/mol. The number of para-hydroxylation sites is 2. The van der Waals surface area contributed by atoms with E-state index in [1.165, 1.54) is 11.1 Å². The van der Waals surface area contributed by atoms with Crippen LogP contribution in [-0.2, 0) is 12.8 Å². The van der Waals surface area contributed by atoms with Gasteiger partial charge < -0.3 is 9.47 Å². The molecular weight excluding hydrogens is 444 g/mol. The van der Waals surface area contributed by atoms with Crippen molar-refractivity contribution in [1.29, 1.82) is 0 Å². The molecule has 0 N–H and O–H groups in total. The Morgan fingerprint density at radius 3 is 1.31 bits per heavy atom. The molecule has 0 aliphatic heterocycles. The van der Waals surface area contributed by atoms with Crippen LogP contribution in [-0.4, -0.2) is 6.16 Å². The highest BCUT2D eigenvalue weighted by molar-refractivity contribution is 5.80. The molecule has 0 fully saturated rings. The van der Waals surface area contributed by atoms with E-state index in [1.54, 1.807) is 0 Å². The molecule has 184 valence electrons. The van der Waals surface area contributed by atoms with Crippen LogP contribution in [0.25, 0.3) is 22.3 Å². The number of hydrogen-bond acceptors (Lipinski definition) is 3. The highest BCUT2D eigenvalue weighted by atomic mass is 16.7. The molecule has 3 nitrogen and oxygen atoms in total. The number of carbonyl (C=O) groups excluding carboxylic acids is 1. The number of carbonyl (C=O) groups is 1. The minimum atomic E-state index is -0.744. The average Bonchev–Trinajstić information content (AvgIpc) is 2.92. The van der Waals surface area contributed by atoms with Crippen LogP contribution >= 0.6 is 0 Å². The topological polar surface area (TPSA) is 35.5 Å². The van der Waals surface area contributed by atoms with Gasteiger partial charge in [0.25, 0.3) is 0 Å². The summed E-state index contributed by atoms with van der Waals surface area (Å²) in [6.07, 6.45) is 5.69. The molecule has 4 aromatic rings. The van der Waals surface area contributed by atoms with Crippen molar-refractivity contribution in [2.45, 2.75) is 52.4 Å². The molecule has 0 atom stereocenters. The summed E-state index contributed by atoms with van der Waals surface area (Å²) in [4.78, 5) is 13.0. The predicted molar refractivity (Wildman–Crippen MR) is 148 cm³/mol. The molecule has 0 radical (unpaired) electrons. The van der Waals surface area contributed by atoms with Crippen molar-refractivity contribution in [1.82, 2.24) is 0 Å². The van der Waals surface area contributed by atoms with Crippen LogP contribution in [0.1, 0.15) is 50.7 Å². The lowest BCUT2D eigenvalue weighted by Gasteiger charge is -2.15. The first kappa shape index (κ1) is 25.2. The maximum Gasteiger partial charge on any atom is 0.519 e. The van der Waals surface area contributed by atoms with Crippen molar-refractivity contribution in [2.75, 3.05) is 0 Å². The molecule has 0 aliphatic rings. The van der Waals surface area contributed by atoms with Crippen molar-refractivity contribution >= 4 is 6.16 Å². The Morgan fingerprint density at radius 1 is 0.528 bits per heavy atom. The first-order chi connectivity index (χ1) is 17.7. The zero-order valence-electron chi connectivity index (χ0n) is 21.2. The van der Waals surface area contributed by atoms with Crippen molar-refractivity contribution in [2.24, 2.45) is 0 Å². The predicted octanol–water partition coefficient (Wildman–Crippen LogP) is 9.28. The minimum Gasteiger partial charge on any atom is -0.394 e. The molecule has 0 unspecified atom stereocenters. The quantitative estimate of drug-likeness (QED) is 0.168. The molecular formula is C33H34O3. The lowest BCUT2D eigenvalue weighted by molar-refractivity contribution is 0.152. The second kappa shape index (κ2) is 12.7. The van der Waals surface area contributed by atoms with Gasteiger partial charge in [0, 0.05) is 11.1 Å². The van der Waals surface area contributed by atoms with Crippen LogP contribution in [0.4, 0.5) is 4.79 Å². The van der Waals surface area contributed by atoms with Gasteiger partial charge in [0.1, 0.15) is 11.5 Å². The summed E-state index contributed by atoms with van der Waals surface area (Å²) in [6.45, 7) is 4.38. The Kier molecular flexibility index (Phi) is 8.93. The second-order valence-corrected chi connectivity index (χ2v) is 8.97. The van der Waals surface area contributed by atoms with E-state index in [1.807, 2.05) is 60.7 Å². The Hall–Kier alpha value is -3.85. The van der Waals surface area contributed by atoms with Gasteiger partial charge in [0.2, 0.25) is 0 Å². The van der Waals surface area contributed by atoms with E-state index in [-0.39, 0.29) is 0 Å². The lowest BCUT2D eigenvalue weighted by Crippen LogP contribution is -2.15. The van der Waals surface area contributed by atoms with Crippen LogP contribution in [0, 0.1) is 0 Å². The van der Waals surface area contributed by atoms with Crippen molar-refractivity contribution in [3.63, 3.8) is 0 Å². The van der Waals surface area contributed by atoms with E-state index in [4.69, 9.17) is 9.47 Å². The van der Waals surface area contributed by atoms with Crippen LogP contribution in [0.2, 0.25) is 0 Å². The van der Waals surface area contributed by atoms with Gasteiger partial charge in [0.15, 0.2) is 0 Å². The molecule has 36 heavy (non-hydrogen) atoms. The molecule has 4 rings (SSSR count). The molecule has 0 saturated heterocycles. The number of rotatable bonds is 10. The van der Waals surface area contributed by atoms with Crippen molar-refractivity contribution < 1.29 is 14.3 Å². The van der Waals surface area contributed by atoms with E-state index in [0.29, 0.717) is 11.5 Å². The molecule has 0 heterocycles. The summed E-state index contributed by atoms with van der Waals surface area (Å²) in [5.74, 6) is 0.986. The van der Waals surface area contributed by atoms with Gasteiger partial charge in [-0.2, -0.15) is 0 Å². The Labute approximate surface area is 214 Å². The number of unbranched alkanes of at least 4 members (excludes halogenated alkanes) is 2. The fourth-order valence-corrected chi connectivity index (χ4v) is 4.49. The molecule has 0 aromatic heterocycles. The molecule has 0 bridgehead atoms. The molecule has 3 heteroatoms. The first-order valence-electron chi connectivity index (χ1n) is 13.0. The largest absolute Gasteiger partial charge is 0.519 e. The minimum absolute atomic E-state index is 0.493. The Bertz CT molecular complexity index is 1190. The number of hydrogen-bond donors (Lipinski definition) is 0. The third-order valence-electron chi connectivity index (χ3n) is 6.38. The Balaban J connectivity index is 1.59. The van der Waals surface area contributed by atoms with E-state index in [9.17, 15) is 4.79 Å². The van der Waals surface area contributed by atoms with Crippen LogP contribution in [0.5, 0.6) is 11.5 Å². The number of aryl methyl sites for hydroxylation is 2. The summed E-state index contributed by atoms with van der Waals surface area (Å²) in [5.41, 5.74) is 6.44. The van der Waals surface area contributed by atoms with Crippen molar-refractivity contribution in [3.8, 4) is 33.8 Å². The fraction of sp³-hybridized carbons (Fsp3) is 0.242. The van der Waals surface area contributed by atoms with E-state index in [0.717, 1.165) is 60.8 Å². The molecule has 0 spiro atoms. The van der Waals surface area contributed by atoms with Crippen LogP contribution < -0.4 is 9.47 Å². The van der Waals surface area contributed by atoms with Gasteiger partial charge in [-0.25, -0.2) is 4.79 Å². The highest BCUT2D eigenvalue weighted by Crippen LogP contribution is 2.35. The van der Waals surface area contributed by atoms with Gasteiger partial charge in [-0.15, -0.1) is 0 Å². The summed E-state index contributed by atoms with van der Waals surface area (Å²) < 4.78 is 11.6. The maximum atomic E-state index is 13.0. The van der Waals surface area contributed by atoms with Crippen LogP contribution in [0.15, 0.2) is 97.1 Å². The zero-order chi connectivity index (χ0) is 25.2. The standard InChI is InChI=1S/C33H34O3/c1-3-5-15-25-17-7-9-19-27(25)29-21-11-13-23-31(29)35-33(34)36-32-24-14-12-22-30(32)28-20-10-8-18-26(28)16-6-4-2/h7-14,17-24H,3-6,15-16H2,1-2H3. The molecule has 0 saturated carbocycles. The number of ether oxygens (including phenoxy) is 2. The van der Waals surface area contributed by atoms with Gasteiger partial charge >= 0.3 is 6.16 Å². The van der Waals surface area contributed by atoms with Gasteiger partial charge in [0.05, 0.1) is 0 Å². The first-order valence-corrected chi connectivity index (χ1v) is 13.0. The molecule has 0 amide bonds. The third-order valence-corrected chi connectivity index (χ3v) is 6.38. The normalized spacial score (nSPS) is 10.7. The zero-order valence-corrected chi connectivity index (χ0v) is 21.2. The maximum absolute atomic E-state index is 13.0. The van der Waals surface area contributed by atoms with Gasteiger partial charge in [-0.3, -0.25) is 0 Å². The van der Waals surface area contributed by atoms with Crippen molar-refractivity contribution in [3.05, 3.63) is 108 Å². The fourth-order valence-electron chi connectivity index (χ4n) is 4.49. The van der Waals surface area contributed by atoms with E-state index in [2.05, 4.69) is 50.2 Å². The van der Waals surface area contributed by atoms with Gasteiger partial charge in [-0.05, 0) is 60.1 Å². The SMILES string of the molecule is CCCCc1ccccc1-c1ccccc1OC(=O)Oc1ccccc1-c1ccccc1CCCC. The Morgan fingerprint density at radius 2 is 0.889 bits per heavy atom. The second-order valence-electron chi connectivity index (χ2n) is 8.97. The van der Waals surface area contributed by atoms with Gasteiger partial charge in [-0.1, -0.05) is 112 Å². The van der Waals surface area contributed by atoms with Crippen LogP contribution in [0.3, 0.4) is 0 Å². The highest BCUT2D eigenvalue weighted by Gasteiger charge is 2.17. The lowest BCUT2D eigenvalue weighted by atomic mass is 9.95. The number of benzene rings is 4. The molecule has 0 aliphatic carbocycles. The summed E-state index contributed by atoms with van der Waals surface area (Å²) in [5, 5.41) is 0. The monoisotopic (exact) mass is 478 g/mol. The summed E-state index contributed by atoms with van der Waals surface area (Å²) in [7, 11) is 0. The smallest absolute Gasteiger partial charge is 0.394 e. The van der Waals surface area contributed by atoms with E-state index >= 15 is 0 Å². The summed E-state index contributed by atoms with van der Waals surface area (Å²) in [6, 6.07) is 31.9. The molecule has 4 aromatic carbocycles.